The summed E-state index contributed by atoms with van der Waals surface area (Å²) >= 11 is 0. The lowest BCUT2D eigenvalue weighted by Gasteiger charge is -2.32. The zero-order valence-electron chi connectivity index (χ0n) is 20.2. The maximum absolute atomic E-state index is 13.1. The van der Waals surface area contributed by atoms with E-state index in [0.29, 0.717) is 19.7 Å². The third kappa shape index (κ3) is 9.92. The van der Waals surface area contributed by atoms with Gasteiger partial charge in [0.05, 0.1) is 19.5 Å². The Balaban J connectivity index is 2.01. The van der Waals surface area contributed by atoms with Gasteiger partial charge < -0.3 is 28.7 Å². The topological polar surface area (TPSA) is 94.6 Å². The minimum atomic E-state index is -0.740. The van der Waals surface area contributed by atoms with Crippen molar-refractivity contribution in [2.24, 2.45) is 0 Å². The quantitative estimate of drug-likeness (QED) is 0.192. The summed E-state index contributed by atoms with van der Waals surface area (Å²) in [6.45, 7) is 9.64. The van der Waals surface area contributed by atoms with Gasteiger partial charge >= 0.3 is 6.16 Å². The number of amides is 2. The Morgan fingerprint density at radius 3 is 1.76 bits per heavy atom. The largest absolute Gasteiger partial charge is 0.508 e. The molecule has 188 valence electrons. The van der Waals surface area contributed by atoms with E-state index in [1.807, 2.05) is 0 Å². The van der Waals surface area contributed by atoms with E-state index in [2.05, 4.69) is 20.4 Å². The van der Waals surface area contributed by atoms with Crippen LogP contribution in [0.2, 0.25) is 0 Å². The van der Waals surface area contributed by atoms with Crippen LogP contribution in [0.3, 0.4) is 0 Å². The highest BCUT2D eigenvalue weighted by Crippen LogP contribution is 2.18. The lowest BCUT2D eigenvalue weighted by atomic mass is 10.1. The number of carbonyl (C=O) groups is 3. The number of unbranched alkanes of at least 4 members (excludes halogenated alkanes) is 6. The van der Waals surface area contributed by atoms with Crippen LogP contribution in [0, 0.1) is 0 Å². The second kappa shape index (κ2) is 14.6. The van der Waals surface area contributed by atoms with Crippen molar-refractivity contribution in [3.63, 3.8) is 0 Å². The van der Waals surface area contributed by atoms with Gasteiger partial charge in [-0.3, -0.25) is 9.59 Å². The lowest BCUT2D eigenvalue weighted by molar-refractivity contribution is -0.141. The van der Waals surface area contributed by atoms with Crippen molar-refractivity contribution in [3.05, 3.63) is 12.5 Å². The van der Waals surface area contributed by atoms with Gasteiger partial charge in [0.25, 0.3) is 5.95 Å². The molecule has 0 aromatic rings. The summed E-state index contributed by atoms with van der Waals surface area (Å²) in [5, 5.41) is 0. The summed E-state index contributed by atoms with van der Waals surface area (Å²) in [7, 11) is 0. The van der Waals surface area contributed by atoms with Crippen LogP contribution in [-0.4, -0.2) is 72.9 Å². The molecule has 9 nitrogen and oxygen atoms in total. The molecule has 0 aromatic carbocycles. The van der Waals surface area contributed by atoms with Crippen molar-refractivity contribution in [2.75, 3.05) is 33.0 Å². The number of cyclic esters (lactones) is 2. The summed E-state index contributed by atoms with van der Waals surface area (Å²) in [6.07, 6.45) is 6.74. The highest BCUT2D eigenvalue weighted by molar-refractivity contribution is 5.79. The molecule has 2 fully saturated rings. The average molecular weight is 469 g/mol. The molecule has 2 heterocycles. The van der Waals surface area contributed by atoms with Gasteiger partial charge in [-0.1, -0.05) is 52.4 Å². The van der Waals surface area contributed by atoms with Crippen LogP contribution in [0.25, 0.3) is 0 Å². The Morgan fingerprint density at radius 1 is 0.818 bits per heavy atom. The first kappa shape index (κ1) is 26.8. The van der Waals surface area contributed by atoms with Crippen molar-refractivity contribution in [1.29, 1.82) is 0 Å². The van der Waals surface area contributed by atoms with Crippen LogP contribution in [0.1, 0.15) is 78.1 Å². The van der Waals surface area contributed by atoms with E-state index >= 15 is 0 Å². The summed E-state index contributed by atoms with van der Waals surface area (Å²) in [5.41, 5.74) is 0. The Hall–Kier alpha value is -2.45. The Kier molecular flexibility index (Phi) is 11.9. The third-order valence-electron chi connectivity index (χ3n) is 5.79. The molecule has 2 rings (SSSR count). The van der Waals surface area contributed by atoms with Crippen LogP contribution < -0.4 is 0 Å². The number of rotatable bonds is 16. The second-order valence-electron chi connectivity index (χ2n) is 8.71. The first-order valence-corrected chi connectivity index (χ1v) is 12.3. The molecular weight excluding hydrogens is 428 g/mol. The molecule has 0 radical (unpaired) electrons. The number of ether oxygens (including phenoxy) is 4. The normalized spacial score (nSPS) is 19.5. The molecule has 0 aromatic heterocycles. The molecule has 2 atom stereocenters. The molecule has 2 aliphatic rings. The maximum atomic E-state index is 13.1. The minimum absolute atomic E-state index is 0.0524. The maximum Gasteiger partial charge on any atom is 0.508 e. The predicted molar refractivity (Wildman–Crippen MR) is 122 cm³/mol. The molecule has 2 aliphatic heterocycles. The Bertz CT molecular complexity index is 601. The Morgan fingerprint density at radius 2 is 1.33 bits per heavy atom. The van der Waals surface area contributed by atoms with Crippen LogP contribution in [0.5, 0.6) is 0 Å². The third-order valence-corrected chi connectivity index (χ3v) is 5.79. The highest BCUT2D eigenvalue weighted by Gasteiger charge is 2.31. The summed E-state index contributed by atoms with van der Waals surface area (Å²) in [5.74, 6) is 0.0233. The van der Waals surface area contributed by atoms with E-state index in [-0.39, 0.29) is 50.0 Å². The SMILES string of the molecule is C=C1OCC(CC(=O)N(CCCCCC)CN(CCCCCC)C(=O)CC2COC(=O)O2)O1. The van der Waals surface area contributed by atoms with E-state index in [0.717, 1.165) is 51.4 Å². The molecule has 2 amide bonds. The van der Waals surface area contributed by atoms with E-state index in [4.69, 9.17) is 18.9 Å². The zero-order valence-corrected chi connectivity index (χ0v) is 20.2. The fourth-order valence-corrected chi connectivity index (χ4v) is 3.87. The lowest BCUT2D eigenvalue weighted by Crippen LogP contribution is -2.46. The first-order chi connectivity index (χ1) is 15.9. The Labute approximate surface area is 197 Å². The number of hydrogen-bond acceptors (Lipinski definition) is 7. The van der Waals surface area contributed by atoms with Crippen molar-refractivity contribution in [1.82, 2.24) is 9.80 Å². The molecular formula is C24H40N2O7. The monoisotopic (exact) mass is 468 g/mol. The second-order valence-corrected chi connectivity index (χ2v) is 8.71. The van der Waals surface area contributed by atoms with Gasteiger partial charge in [-0.2, -0.15) is 0 Å². The van der Waals surface area contributed by atoms with Gasteiger partial charge in [0, 0.05) is 13.1 Å². The van der Waals surface area contributed by atoms with Crippen LogP contribution in [-0.2, 0) is 28.5 Å². The molecule has 0 saturated carbocycles. The number of nitrogens with zero attached hydrogens (tertiary/aromatic N) is 2. The smallest absolute Gasteiger partial charge is 0.462 e. The molecule has 0 aliphatic carbocycles. The van der Waals surface area contributed by atoms with E-state index < -0.39 is 12.3 Å². The van der Waals surface area contributed by atoms with Gasteiger partial charge in [-0.05, 0) is 19.4 Å². The number of hydrogen-bond donors (Lipinski definition) is 0. The molecule has 2 unspecified atom stereocenters. The van der Waals surface area contributed by atoms with E-state index in [9.17, 15) is 14.4 Å². The minimum Gasteiger partial charge on any atom is -0.462 e. The van der Waals surface area contributed by atoms with Crippen LogP contribution >= 0.6 is 0 Å². The van der Waals surface area contributed by atoms with E-state index in [1.165, 1.54) is 0 Å². The van der Waals surface area contributed by atoms with Gasteiger partial charge in [-0.15, -0.1) is 0 Å². The van der Waals surface area contributed by atoms with Crippen molar-refractivity contribution >= 4 is 18.0 Å². The summed E-state index contributed by atoms with van der Waals surface area (Å²) in [4.78, 5) is 40.9. The van der Waals surface area contributed by atoms with Crippen molar-refractivity contribution < 1.29 is 33.3 Å². The number of carbonyl (C=O) groups excluding carboxylic acids is 3. The summed E-state index contributed by atoms with van der Waals surface area (Å²) in [6, 6.07) is 0. The van der Waals surface area contributed by atoms with Gasteiger partial charge in [0.15, 0.2) is 0 Å². The molecule has 33 heavy (non-hydrogen) atoms. The fourth-order valence-electron chi connectivity index (χ4n) is 3.87. The summed E-state index contributed by atoms with van der Waals surface area (Å²) < 4.78 is 20.5. The standard InChI is InChI=1S/C24H40N2O7/c1-4-6-8-10-12-25(22(27)14-20-16-30-19(3)32-20)18-26(13-11-9-7-5-2)23(28)15-21-17-31-24(29)33-21/h20-21H,3-18H2,1-2H3. The van der Waals surface area contributed by atoms with Crippen LogP contribution in [0.4, 0.5) is 4.79 Å². The van der Waals surface area contributed by atoms with Crippen molar-refractivity contribution in [2.45, 2.75) is 90.3 Å². The van der Waals surface area contributed by atoms with Crippen LogP contribution in [0.15, 0.2) is 12.5 Å². The average Bonchev–Trinajstić information content (AvgIpc) is 3.38. The van der Waals surface area contributed by atoms with Gasteiger partial charge in [0.1, 0.15) is 25.4 Å². The molecule has 0 N–H and O–H groups in total. The predicted octanol–water partition coefficient (Wildman–Crippen LogP) is 3.96. The molecule has 9 heteroatoms. The fraction of sp³-hybridized carbons (Fsp3) is 0.792. The zero-order chi connectivity index (χ0) is 24.1. The van der Waals surface area contributed by atoms with E-state index in [1.54, 1.807) is 9.80 Å². The first-order valence-electron chi connectivity index (χ1n) is 12.3. The molecule has 2 saturated heterocycles. The van der Waals surface area contributed by atoms with Gasteiger partial charge in [0.2, 0.25) is 11.8 Å². The highest BCUT2D eigenvalue weighted by atomic mass is 16.8. The van der Waals surface area contributed by atoms with Crippen molar-refractivity contribution in [3.8, 4) is 0 Å². The molecule has 0 spiro atoms. The molecule has 0 bridgehead atoms. The van der Waals surface area contributed by atoms with Gasteiger partial charge in [-0.25, -0.2) is 4.79 Å².